The summed E-state index contributed by atoms with van der Waals surface area (Å²) in [5.41, 5.74) is 0.291. The molecular formula is C20H23BrN2O5. The number of benzene rings is 1. The van der Waals surface area contributed by atoms with Gasteiger partial charge in [-0.15, -0.1) is 0 Å². The highest BCUT2D eigenvalue weighted by molar-refractivity contribution is 9.10. The van der Waals surface area contributed by atoms with Crippen LogP contribution in [0.5, 0.6) is 0 Å². The fourth-order valence-electron chi connectivity index (χ4n) is 2.63. The van der Waals surface area contributed by atoms with Gasteiger partial charge in [-0.1, -0.05) is 34.7 Å². The molecule has 28 heavy (non-hydrogen) atoms. The van der Waals surface area contributed by atoms with Crippen LogP contribution in [0.2, 0.25) is 0 Å². The van der Waals surface area contributed by atoms with Crippen LogP contribution in [0.4, 0.5) is 4.79 Å². The summed E-state index contributed by atoms with van der Waals surface area (Å²) in [7, 11) is 0. The maximum Gasteiger partial charge on any atom is 0.408 e. The molecule has 1 amide bonds. The molecule has 0 aliphatic carbocycles. The standard InChI is InChI=1S/C20H23BrN2O5/c1-6-9-27-18(25)17(22-19(26)28-20(3,4)5)15-11-23(12(2)24)16-10-13(21)7-8-14(15)16/h6-8,10-11,17H,1,9H2,2-5H3,(H,22,26). The third-order valence-corrected chi connectivity index (χ3v) is 4.18. The molecule has 0 radical (unpaired) electrons. The van der Waals surface area contributed by atoms with Gasteiger partial charge in [-0.2, -0.15) is 0 Å². The van der Waals surface area contributed by atoms with E-state index in [1.54, 1.807) is 39.0 Å². The van der Waals surface area contributed by atoms with Crippen LogP contribution >= 0.6 is 15.9 Å². The highest BCUT2D eigenvalue weighted by Gasteiger charge is 2.30. The number of halogens is 1. The molecular weight excluding hydrogens is 428 g/mol. The van der Waals surface area contributed by atoms with Gasteiger partial charge >= 0.3 is 12.1 Å². The molecule has 2 aromatic rings. The van der Waals surface area contributed by atoms with E-state index in [1.807, 2.05) is 0 Å². The van der Waals surface area contributed by atoms with E-state index in [4.69, 9.17) is 9.47 Å². The lowest BCUT2D eigenvalue weighted by Crippen LogP contribution is -2.38. The SMILES string of the molecule is C=CCOC(=O)C(NC(=O)OC(C)(C)C)c1cn(C(C)=O)c2cc(Br)ccc12. The van der Waals surface area contributed by atoms with Crippen molar-refractivity contribution < 1.29 is 23.9 Å². The second-order valence-electron chi connectivity index (χ2n) is 7.13. The summed E-state index contributed by atoms with van der Waals surface area (Å²) in [6, 6.07) is 4.16. The molecule has 0 bridgehead atoms. The second-order valence-corrected chi connectivity index (χ2v) is 8.05. The van der Waals surface area contributed by atoms with Crippen LogP contribution in [0.1, 0.15) is 44.1 Å². The highest BCUT2D eigenvalue weighted by Crippen LogP contribution is 2.30. The number of aromatic nitrogens is 1. The van der Waals surface area contributed by atoms with Crippen molar-refractivity contribution in [1.82, 2.24) is 9.88 Å². The van der Waals surface area contributed by atoms with Gasteiger partial charge in [0.05, 0.1) is 5.52 Å². The van der Waals surface area contributed by atoms with Crippen molar-refractivity contribution in [2.45, 2.75) is 39.3 Å². The predicted octanol–water partition coefficient (Wildman–Crippen LogP) is 4.36. The summed E-state index contributed by atoms with van der Waals surface area (Å²) in [5, 5.41) is 3.19. The van der Waals surface area contributed by atoms with Crippen molar-refractivity contribution in [3.05, 3.63) is 47.1 Å². The molecule has 1 heterocycles. The number of rotatable bonds is 5. The van der Waals surface area contributed by atoms with Crippen molar-refractivity contribution in [3.63, 3.8) is 0 Å². The molecule has 1 aromatic carbocycles. The molecule has 150 valence electrons. The quantitative estimate of drug-likeness (QED) is 0.539. The number of amides is 1. The highest BCUT2D eigenvalue weighted by atomic mass is 79.9. The van der Waals surface area contributed by atoms with Gasteiger partial charge in [0, 0.05) is 28.5 Å². The number of nitrogens with zero attached hydrogens (tertiary/aromatic N) is 1. The first-order valence-electron chi connectivity index (χ1n) is 8.62. The van der Waals surface area contributed by atoms with Gasteiger partial charge in [-0.05, 0) is 32.9 Å². The molecule has 1 N–H and O–H groups in total. The second kappa shape index (κ2) is 8.60. The Kier molecular flexibility index (Phi) is 6.66. The average molecular weight is 451 g/mol. The Bertz CT molecular complexity index is 927. The fraction of sp³-hybridized carbons (Fsp3) is 0.350. The Hall–Kier alpha value is -2.61. The molecule has 0 aliphatic heterocycles. The van der Waals surface area contributed by atoms with Gasteiger partial charge < -0.3 is 14.8 Å². The van der Waals surface area contributed by atoms with Crippen molar-refractivity contribution in [1.29, 1.82) is 0 Å². The van der Waals surface area contributed by atoms with Crippen molar-refractivity contribution in [2.24, 2.45) is 0 Å². The normalized spacial score (nSPS) is 12.3. The Morgan fingerprint density at radius 3 is 2.57 bits per heavy atom. The molecule has 1 aromatic heterocycles. The minimum Gasteiger partial charge on any atom is -0.460 e. The Morgan fingerprint density at radius 1 is 1.32 bits per heavy atom. The van der Waals surface area contributed by atoms with Crippen molar-refractivity contribution in [3.8, 4) is 0 Å². The summed E-state index contributed by atoms with van der Waals surface area (Å²) in [4.78, 5) is 37.0. The lowest BCUT2D eigenvalue weighted by atomic mass is 10.1. The van der Waals surface area contributed by atoms with Crippen LogP contribution in [0.3, 0.4) is 0 Å². The van der Waals surface area contributed by atoms with Crippen LogP contribution in [0.25, 0.3) is 10.9 Å². The van der Waals surface area contributed by atoms with E-state index >= 15 is 0 Å². The van der Waals surface area contributed by atoms with Gasteiger partial charge in [0.25, 0.3) is 0 Å². The van der Waals surface area contributed by atoms with E-state index in [0.29, 0.717) is 16.5 Å². The number of alkyl carbamates (subject to hydrolysis) is 1. The Balaban J connectivity index is 2.53. The number of hydrogen-bond acceptors (Lipinski definition) is 5. The Labute approximate surface area is 171 Å². The third kappa shape index (κ3) is 5.22. The number of esters is 1. The summed E-state index contributed by atoms with van der Waals surface area (Å²) in [6.45, 7) is 10.1. The van der Waals surface area contributed by atoms with E-state index in [1.165, 1.54) is 23.8 Å². The summed E-state index contributed by atoms with van der Waals surface area (Å²) in [6.07, 6.45) is 2.18. The van der Waals surface area contributed by atoms with Gasteiger partial charge in [0.15, 0.2) is 6.04 Å². The third-order valence-electron chi connectivity index (χ3n) is 3.69. The minimum atomic E-state index is -1.15. The first-order valence-corrected chi connectivity index (χ1v) is 9.41. The first kappa shape index (κ1) is 21.7. The number of carbonyl (C=O) groups is 3. The molecule has 2 rings (SSSR count). The lowest BCUT2D eigenvalue weighted by Gasteiger charge is -2.22. The van der Waals surface area contributed by atoms with Gasteiger partial charge in [0.2, 0.25) is 5.91 Å². The molecule has 7 nitrogen and oxygen atoms in total. The number of hydrogen-bond donors (Lipinski definition) is 1. The summed E-state index contributed by atoms with van der Waals surface area (Å²) >= 11 is 3.38. The van der Waals surface area contributed by atoms with Crippen LogP contribution in [0.15, 0.2) is 41.5 Å². The molecule has 0 saturated carbocycles. The zero-order chi connectivity index (χ0) is 21.1. The Morgan fingerprint density at radius 2 is 2.00 bits per heavy atom. The summed E-state index contributed by atoms with van der Waals surface area (Å²) in [5.74, 6) is -0.916. The van der Waals surface area contributed by atoms with Gasteiger partial charge in [-0.3, -0.25) is 9.36 Å². The van der Waals surface area contributed by atoms with E-state index in [9.17, 15) is 14.4 Å². The number of nitrogens with one attached hydrogen (secondary N) is 1. The minimum absolute atomic E-state index is 0.0117. The summed E-state index contributed by atoms with van der Waals surface area (Å²) < 4.78 is 12.6. The lowest BCUT2D eigenvalue weighted by molar-refractivity contribution is -0.145. The topological polar surface area (TPSA) is 86.6 Å². The van der Waals surface area contributed by atoms with E-state index in [-0.39, 0.29) is 12.5 Å². The molecule has 0 saturated heterocycles. The predicted molar refractivity (Wildman–Crippen MR) is 109 cm³/mol. The molecule has 0 spiro atoms. The average Bonchev–Trinajstić information content (AvgIpc) is 2.94. The van der Waals surface area contributed by atoms with Crippen molar-refractivity contribution in [2.75, 3.05) is 6.61 Å². The molecule has 8 heteroatoms. The van der Waals surface area contributed by atoms with E-state index < -0.39 is 23.7 Å². The monoisotopic (exact) mass is 450 g/mol. The van der Waals surface area contributed by atoms with Crippen LogP contribution in [0, 0.1) is 0 Å². The maximum absolute atomic E-state index is 12.6. The maximum atomic E-state index is 12.6. The smallest absolute Gasteiger partial charge is 0.408 e. The molecule has 0 fully saturated rings. The largest absolute Gasteiger partial charge is 0.460 e. The van der Waals surface area contributed by atoms with E-state index in [0.717, 1.165) is 4.47 Å². The molecule has 0 aliphatic rings. The zero-order valence-corrected chi connectivity index (χ0v) is 17.8. The molecule has 1 atom stereocenters. The van der Waals surface area contributed by atoms with Crippen LogP contribution in [-0.4, -0.2) is 34.7 Å². The molecule has 1 unspecified atom stereocenters. The number of carbonyl (C=O) groups excluding carboxylic acids is 3. The van der Waals surface area contributed by atoms with E-state index in [2.05, 4.69) is 27.8 Å². The zero-order valence-electron chi connectivity index (χ0n) is 16.2. The van der Waals surface area contributed by atoms with Gasteiger partial charge in [-0.25, -0.2) is 9.59 Å². The first-order chi connectivity index (χ1) is 13.0. The fourth-order valence-corrected chi connectivity index (χ4v) is 2.98. The number of fused-ring (bicyclic) bond motifs is 1. The van der Waals surface area contributed by atoms with Crippen LogP contribution < -0.4 is 5.32 Å². The van der Waals surface area contributed by atoms with Gasteiger partial charge in [0.1, 0.15) is 12.2 Å². The number of ether oxygens (including phenoxy) is 2. The van der Waals surface area contributed by atoms with Crippen LogP contribution in [-0.2, 0) is 14.3 Å². The van der Waals surface area contributed by atoms with Crippen molar-refractivity contribution >= 4 is 44.8 Å².